The van der Waals surface area contributed by atoms with Crippen LogP contribution in [0, 0.1) is 18.3 Å². The van der Waals surface area contributed by atoms with Crippen molar-refractivity contribution in [3.63, 3.8) is 0 Å². The summed E-state index contributed by atoms with van der Waals surface area (Å²) in [6.45, 7) is 3.54. The Kier molecular flexibility index (Phi) is 3.78. The molecule has 1 spiro atoms. The normalized spacial score (nSPS) is 28.3. The van der Waals surface area contributed by atoms with Gasteiger partial charge in [0.05, 0.1) is 4.88 Å². The van der Waals surface area contributed by atoms with E-state index in [9.17, 15) is 9.59 Å². The third-order valence-corrected chi connectivity index (χ3v) is 6.08. The maximum Gasteiger partial charge on any atom is 0.263 e. The van der Waals surface area contributed by atoms with Gasteiger partial charge in [-0.15, -0.1) is 11.3 Å². The summed E-state index contributed by atoms with van der Waals surface area (Å²) in [4.78, 5) is 28.6. The Hall–Kier alpha value is -1.36. The van der Waals surface area contributed by atoms with E-state index in [-0.39, 0.29) is 23.1 Å². The lowest BCUT2D eigenvalue weighted by Crippen LogP contribution is -2.40. The molecule has 1 aromatic heterocycles. The van der Waals surface area contributed by atoms with Gasteiger partial charge >= 0.3 is 0 Å². The Morgan fingerprint density at radius 3 is 2.86 bits per heavy atom. The van der Waals surface area contributed by atoms with Gasteiger partial charge in [-0.1, -0.05) is 6.42 Å². The maximum absolute atomic E-state index is 12.6. The van der Waals surface area contributed by atoms with E-state index in [1.807, 2.05) is 24.0 Å². The van der Waals surface area contributed by atoms with E-state index < -0.39 is 0 Å². The van der Waals surface area contributed by atoms with E-state index in [1.165, 1.54) is 0 Å². The van der Waals surface area contributed by atoms with Crippen molar-refractivity contribution in [1.82, 2.24) is 10.2 Å². The average Bonchev–Trinajstić information content (AvgIpc) is 3.19. The van der Waals surface area contributed by atoms with E-state index in [2.05, 4.69) is 5.32 Å². The zero-order valence-corrected chi connectivity index (χ0v) is 13.5. The van der Waals surface area contributed by atoms with Crippen LogP contribution in [0.15, 0.2) is 12.1 Å². The molecule has 0 radical (unpaired) electrons. The Morgan fingerprint density at radius 1 is 1.38 bits per heavy atom. The van der Waals surface area contributed by atoms with Crippen LogP contribution in [0.4, 0.5) is 0 Å². The first kappa shape index (κ1) is 14.6. The SMILES string of the molecule is CNC(=O)[C@H]1CCC[C@]12CCN(C(=O)c1ccc(C)s1)C2. The van der Waals surface area contributed by atoms with E-state index in [4.69, 9.17) is 0 Å². The monoisotopic (exact) mass is 306 g/mol. The van der Waals surface area contributed by atoms with Crippen LogP contribution in [0.1, 0.15) is 40.2 Å². The van der Waals surface area contributed by atoms with Gasteiger partial charge < -0.3 is 10.2 Å². The molecule has 21 heavy (non-hydrogen) atoms. The van der Waals surface area contributed by atoms with Crippen molar-refractivity contribution in [1.29, 1.82) is 0 Å². The van der Waals surface area contributed by atoms with Gasteiger partial charge in [0.1, 0.15) is 0 Å². The smallest absolute Gasteiger partial charge is 0.263 e. The number of aryl methyl sites for hydroxylation is 1. The minimum absolute atomic E-state index is 0.0159. The van der Waals surface area contributed by atoms with E-state index in [1.54, 1.807) is 18.4 Å². The summed E-state index contributed by atoms with van der Waals surface area (Å²) in [7, 11) is 1.71. The summed E-state index contributed by atoms with van der Waals surface area (Å²) in [5.74, 6) is 0.353. The average molecular weight is 306 g/mol. The fourth-order valence-electron chi connectivity index (χ4n) is 3.99. The van der Waals surface area contributed by atoms with Crippen LogP contribution < -0.4 is 5.32 Å². The van der Waals surface area contributed by atoms with Crippen LogP contribution in [-0.2, 0) is 4.79 Å². The summed E-state index contributed by atoms with van der Waals surface area (Å²) >= 11 is 1.55. The number of amides is 2. The van der Waals surface area contributed by atoms with E-state index >= 15 is 0 Å². The summed E-state index contributed by atoms with van der Waals surface area (Å²) in [5.41, 5.74) is 0.0159. The van der Waals surface area contributed by atoms with Crippen molar-refractivity contribution in [2.24, 2.45) is 11.3 Å². The van der Waals surface area contributed by atoms with E-state index in [0.29, 0.717) is 0 Å². The van der Waals surface area contributed by atoms with Gasteiger partial charge in [0.2, 0.25) is 5.91 Å². The quantitative estimate of drug-likeness (QED) is 0.912. The second-order valence-corrected chi connectivity index (χ2v) is 7.60. The van der Waals surface area contributed by atoms with Gasteiger partial charge in [0.15, 0.2) is 0 Å². The van der Waals surface area contributed by atoms with Gasteiger partial charge in [-0.25, -0.2) is 0 Å². The molecule has 2 fully saturated rings. The molecule has 1 aliphatic carbocycles. The molecule has 0 aromatic carbocycles. The standard InChI is InChI=1S/C16H22N2O2S/c1-11-5-6-13(21-11)15(20)18-9-8-16(10-18)7-3-4-12(16)14(19)17-2/h5-6,12H,3-4,7-10H2,1-2H3,(H,17,19)/t12-,16-/m1/s1. The highest BCUT2D eigenvalue weighted by Crippen LogP contribution is 2.50. The van der Waals surface area contributed by atoms with Crippen molar-refractivity contribution in [2.45, 2.75) is 32.6 Å². The molecule has 1 aliphatic heterocycles. The van der Waals surface area contributed by atoms with E-state index in [0.717, 1.165) is 48.5 Å². The molecule has 0 bridgehead atoms. The predicted octanol–water partition coefficient (Wildman–Crippen LogP) is 2.43. The van der Waals surface area contributed by atoms with Crippen molar-refractivity contribution < 1.29 is 9.59 Å². The summed E-state index contributed by atoms with van der Waals surface area (Å²) in [5, 5.41) is 2.80. The first-order valence-corrected chi connectivity index (χ1v) is 8.45. The molecule has 2 heterocycles. The van der Waals surface area contributed by atoms with Crippen LogP contribution in [-0.4, -0.2) is 36.9 Å². The summed E-state index contributed by atoms with van der Waals surface area (Å²) in [6.07, 6.45) is 4.08. The lowest BCUT2D eigenvalue weighted by Gasteiger charge is -2.30. The third-order valence-electron chi connectivity index (χ3n) is 5.09. The molecule has 4 nitrogen and oxygen atoms in total. The number of hydrogen-bond donors (Lipinski definition) is 1. The zero-order valence-electron chi connectivity index (χ0n) is 12.6. The maximum atomic E-state index is 12.6. The number of hydrogen-bond acceptors (Lipinski definition) is 3. The Labute approximate surface area is 129 Å². The minimum atomic E-state index is 0.0159. The molecular weight excluding hydrogens is 284 g/mol. The number of thiophene rings is 1. The molecular formula is C16H22N2O2S. The summed E-state index contributed by atoms with van der Waals surface area (Å²) in [6, 6.07) is 3.91. The van der Waals surface area contributed by atoms with Gasteiger partial charge in [-0.3, -0.25) is 9.59 Å². The number of rotatable bonds is 2. The van der Waals surface area contributed by atoms with Gasteiger partial charge in [-0.2, -0.15) is 0 Å². The van der Waals surface area contributed by atoms with Crippen molar-refractivity contribution >= 4 is 23.2 Å². The van der Waals surface area contributed by atoms with Crippen LogP contribution in [0.5, 0.6) is 0 Å². The van der Waals surface area contributed by atoms with Crippen LogP contribution >= 0.6 is 11.3 Å². The molecule has 1 saturated carbocycles. The highest BCUT2D eigenvalue weighted by molar-refractivity contribution is 7.13. The molecule has 3 rings (SSSR count). The summed E-state index contributed by atoms with van der Waals surface area (Å²) < 4.78 is 0. The fourth-order valence-corrected chi connectivity index (χ4v) is 4.82. The number of carbonyl (C=O) groups is 2. The minimum Gasteiger partial charge on any atom is -0.359 e. The number of likely N-dealkylation sites (tertiary alicyclic amines) is 1. The second-order valence-electron chi connectivity index (χ2n) is 6.31. The number of nitrogens with one attached hydrogen (secondary N) is 1. The molecule has 2 atom stereocenters. The highest BCUT2D eigenvalue weighted by atomic mass is 32.1. The first-order valence-electron chi connectivity index (χ1n) is 7.63. The van der Waals surface area contributed by atoms with Crippen molar-refractivity contribution in [2.75, 3.05) is 20.1 Å². The third kappa shape index (κ3) is 2.48. The Balaban J connectivity index is 1.75. The molecule has 2 amide bonds. The van der Waals surface area contributed by atoms with Gasteiger partial charge in [-0.05, 0) is 38.3 Å². The topological polar surface area (TPSA) is 49.4 Å². The molecule has 0 unspecified atom stereocenters. The molecule has 1 aromatic rings. The number of carbonyl (C=O) groups excluding carboxylic acids is 2. The molecule has 1 saturated heterocycles. The lowest BCUT2D eigenvalue weighted by molar-refractivity contribution is -0.127. The highest BCUT2D eigenvalue weighted by Gasteiger charge is 2.51. The fraction of sp³-hybridized carbons (Fsp3) is 0.625. The zero-order chi connectivity index (χ0) is 15.0. The Morgan fingerprint density at radius 2 is 2.19 bits per heavy atom. The Bertz CT molecular complexity index is 568. The molecule has 1 N–H and O–H groups in total. The molecule has 5 heteroatoms. The largest absolute Gasteiger partial charge is 0.359 e. The van der Waals surface area contributed by atoms with Crippen LogP contribution in [0.3, 0.4) is 0 Å². The van der Waals surface area contributed by atoms with Crippen LogP contribution in [0.2, 0.25) is 0 Å². The predicted molar refractivity (Wildman–Crippen MR) is 83.4 cm³/mol. The molecule has 114 valence electrons. The van der Waals surface area contributed by atoms with Gasteiger partial charge in [0.25, 0.3) is 5.91 Å². The van der Waals surface area contributed by atoms with Crippen molar-refractivity contribution in [3.8, 4) is 0 Å². The molecule has 2 aliphatic rings. The van der Waals surface area contributed by atoms with Gasteiger partial charge in [0, 0.05) is 36.3 Å². The number of nitrogens with zero attached hydrogens (tertiary/aromatic N) is 1. The first-order chi connectivity index (χ1) is 10.1. The second kappa shape index (κ2) is 5.44. The lowest BCUT2D eigenvalue weighted by atomic mass is 9.76. The van der Waals surface area contributed by atoms with Crippen LogP contribution in [0.25, 0.3) is 0 Å². The van der Waals surface area contributed by atoms with Crippen molar-refractivity contribution in [3.05, 3.63) is 21.9 Å².